The third kappa shape index (κ3) is 5.34. The zero-order valence-electron chi connectivity index (χ0n) is 11.6. The molecule has 0 spiro atoms. The van der Waals surface area contributed by atoms with Crippen LogP contribution in [0.25, 0.3) is 0 Å². The number of rotatable bonds is 7. The van der Waals surface area contributed by atoms with Gasteiger partial charge in [0, 0.05) is 26.3 Å². The topological polar surface area (TPSA) is 47.7 Å². The van der Waals surface area contributed by atoms with Crippen LogP contribution in [0.5, 0.6) is 0 Å². The molecule has 0 atom stereocenters. The highest BCUT2D eigenvalue weighted by Gasteiger charge is 2.32. The van der Waals surface area contributed by atoms with Crippen LogP contribution in [-0.2, 0) is 9.47 Å². The van der Waals surface area contributed by atoms with Crippen LogP contribution < -0.4 is 5.73 Å². The molecule has 4 heteroatoms. The molecule has 0 radical (unpaired) electrons. The minimum absolute atomic E-state index is 0.255. The lowest BCUT2D eigenvalue weighted by molar-refractivity contribution is -0.00325. The average molecular weight is 244 g/mol. The van der Waals surface area contributed by atoms with Crippen molar-refractivity contribution in [3.8, 4) is 0 Å². The SMILES string of the molecule is CC(C)OCCN(C)CC1(CN)CCOCC1. The molecule has 1 fully saturated rings. The van der Waals surface area contributed by atoms with Gasteiger partial charge < -0.3 is 20.1 Å². The van der Waals surface area contributed by atoms with E-state index in [4.69, 9.17) is 15.2 Å². The first-order chi connectivity index (χ1) is 8.08. The Morgan fingerprint density at radius 2 is 2.00 bits per heavy atom. The van der Waals surface area contributed by atoms with Gasteiger partial charge in [0.05, 0.1) is 12.7 Å². The molecule has 0 saturated carbocycles. The van der Waals surface area contributed by atoms with E-state index in [2.05, 4.69) is 25.8 Å². The normalized spacial score (nSPS) is 20.1. The molecule has 2 N–H and O–H groups in total. The van der Waals surface area contributed by atoms with E-state index in [0.29, 0.717) is 6.10 Å². The van der Waals surface area contributed by atoms with Gasteiger partial charge in [-0.3, -0.25) is 0 Å². The summed E-state index contributed by atoms with van der Waals surface area (Å²) in [5.41, 5.74) is 6.20. The van der Waals surface area contributed by atoms with Gasteiger partial charge in [0.2, 0.25) is 0 Å². The largest absolute Gasteiger partial charge is 0.381 e. The fourth-order valence-corrected chi connectivity index (χ4v) is 2.33. The molecular formula is C13H28N2O2. The first-order valence-corrected chi connectivity index (χ1v) is 6.66. The third-order valence-corrected chi connectivity index (χ3v) is 3.52. The van der Waals surface area contributed by atoms with Crippen LogP contribution in [0.2, 0.25) is 0 Å². The minimum atomic E-state index is 0.255. The predicted octanol–water partition coefficient (Wildman–Crippen LogP) is 1.10. The summed E-state index contributed by atoms with van der Waals surface area (Å²) in [4.78, 5) is 2.33. The Labute approximate surface area is 105 Å². The quantitative estimate of drug-likeness (QED) is 0.728. The standard InChI is InChI=1S/C13H28N2O2/c1-12(2)17-9-6-15(3)11-13(10-14)4-7-16-8-5-13/h12H,4-11,14H2,1-3H3. The van der Waals surface area contributed by atoms with E-state index in [9.17, 15) is 0 Å². The van der Waals surface area contributed by atoms with E-state index in [1.165, 1.54) is 0 Å². The number of ether oxygens (including phenoxy) is 2. The summed E-state index contributed by atoms with van der Waals surface area (Å²) in [5.74, 6) is 0. The van der Waals surface area contributed by atoms with Gasteiger partial charge in [-0.1, -0.05) is 0 Å². The first kappa shape index (κ1) is 14.9. The van der Waals surface area contributed by atoms with Crippen LogP contribution in [0.1, 0.15) is 26.7 Å². The monoisotopic (exact) mass is 244 g/mol. The number of hydrogen-bond acceptors (Lipinski definition) is 4. The van der Waals surface area contributed by atoms with Gasteiger partial charge in [-0.15, -0.1) is 0 Å². The van der Waals surface area contributed by atoms with Crippen LogP contribution in [0.4, 0.5) is 0 Å². The highest BCUT2D eigenvalue weighted by molar-refractivity contribution is 4.85. The van der Waals surface area contributed by atoms with E-state index in [1.807, 2.05) is 0 Å². The maximum absolute atomic E-state index is 5.95. The highest BCUT2D eigenvalue weighted by atomic mass is 16.5. The van der Waals surface area contributed by atoms with Crippen molar-refractivity contribution in [1.29, 1.82) is 0 Å². The number of nitrogens with zero attached hydrogens (tertiary/aromatic N) is 1. The highest BCUT2D eigenvalue weighted by Crippen LogP contribution is 2.29. The Balaban J connectivity index is 2.29. The Morgan fingerprint density at radius 3 is 2.53 bits per heavy atom. The molecule has 0 aromatic rings. The molecule has 17 heavy (non-hydrogen) atoms. The Hall–Kier alpha value is -0.160. The Kier molecular flexibility index (Phi) is 6.41. The number of nitrogens with two attached hydrogens (primary N) is 1. The van der Waals surface area contributed by atoms with Gasteiger partial charge in [0.15, 0.2) is 0 Å². The van der Waals surface area contributed by atoms with Crippen molar-refractivity contribution in [2.24, 2.45) is 11.1 Å². The molecule has 4 nitrogen and oxygen atoms in total. The molecule has 1 saturated heterocycles. The summed E-state index contributed by atoms with van der Waals surface area (Å²) in [5, 5.41) is 0. The van der Waals surface area contributed by atoms with Crippen LogP contribution >= 0.6 is 0 Å². The first-order valence-electron chi connectivity index (χ1n) is 6.66. The molecule has 1 aliphatic rings. The molecule has 102 valence electrons. The van der Waals surface area contributed by atoms with Crippen LogP contribution in [-0.4, -0.2) is 57.5 Å². The maximum atomic E-state index is 5.95. The van der Waals surface area contributed by atoms with Gasteiger partial charge >= 0.3 is 0 Å². The summed E-state index contributed by atoms with van der Waals surface area (Å²) in [6, 6.07) is 0. The average Bonchev–Trinajstić information content (AvgIpc) is 2.29. The van der Waals surface area contributed by atoms with Crippen molar-refractivity contribution in [2.45, 2.75) is 32.8 Å². The summed E-state index contributed by atoms with van der Waals surface area (Å²) in [6.45, 7) is 9.42. The molecule has 0 aliphatic carbocycles. The van der Waals surface area contributed by atoms with Crippen molar-refractivity contribution in [1.82, 2.24) is 4.90 Å². The molecule has 0 aromatic carbocycles. The molecule has 0 bridgehead atoms. The fraction of sp³-hybridized carbons (Fsp3) is 1.00. The van der Waals surface area contributed by atoms with E-state index in [1.54, 1.807) is 0 Å². The van der Waals surface area contributed by atoms with Gasteiger partial charge in [-0.25, -0.2) is 0 Å². The minimum Gasteiger partial charge on any atom is -0.381 e. The van der Waals surface area contributed by atoms with Gasteiger partial charge in [0.25, 0.3) is 0 Å². The van der Waals surface area contributed by atoms with Crippen LogP contribution in [0, 0.1) is 5.41 Å². The zero-order chi connectivity index (χ0) is 12.7. The maximum Gasteiger partial charge on any atom is 0.0596 e. The lowest BCUT2D eigenvalue weighted by atomic mass is 9.80. The third-order valence-electron chi connectivity index (χ3n) is 3.52. The molecule has 1 aliphatic heterocycles. The van der Waals surface area contributed by atoms with Gasteiger partial charge in [-0.2, -0.15) is 0 Å². The predicted molar refractivity (Wildman–Crippen MR) is 70.1 cm³/mol. The van der Waals surface area contributed by atoms with Crippen LogP contribution in [0.3, 0.4) is 0 Å². The van der Waals surface area contributed by atoms with Crippen molar-refractivity contribution in [2.75, 3.05) is 46.5 Å². The lowest BCUT2D eigenvalue weighted by Crippen LogP contribution is -2.45. The molecule has 0 unspecified atom stereocenters. The van der Waals surface area contributed by atoms with Crippen molar-refractivity contribution in [3.05, 3.63) is 0 Å². The number of hydrogen-bond donors (Lipinski definition) is 1. The molecular weight excluding hydrogens is 216 g/mol. The molecule has 1 rings (SSSR count). The summed E-state index contributed by atoms with van der Waals surface area (Å²) in [7, 11) is 2.15. The van der Waals surface area contributed by atoms with Gasteiger partial charge in [-0.05, 0) is 45.7 Å². The van der Waals surface area contributed by atoms with Crippen molar-refractivity contribution in [3.63, 3.8) is 0 Å². The molecule has 0 aromatic heterocycles. The smallest absolute Gasteiger partial charge is 0.0596 e. The zero-order valence-corrected chi connectivity index (χ0v) is 11.6. The second kappa shape index (κ2) is 7.31. The van der Waals surface area contributed by atoms with E-state index in [-0.39, 0.29) is 5.41 Å². The van der Waals surface area contributed by atoms with Crippen molar-refractivity contribution < 1.29 is 9.47 Å². The van der Waals surface area contributed by atoms with Crippen molar-refractivity contribution >= 4 is 0 Å². The number of likely N-dealkylation sites (N-methyl/N-ethyl adjacent to an activating group) is 1. The molecule has 1 heterocycles. The Bertz CT molecular complexity index is 204. The van der Waals surface area contributed by atoms with E-state index < -0.39 is 0 Å². The summed E-state index contributed by atoms with van der Waals surface area (Å²) >= 11 is 0. The lowest BCUT2D eigenvalue weighted by Gasteiger charge is -2.39. The molecule has 0 amide bonds. The summed E-state index contributed by atoms with van der Waals surface area (Å²) < 4.78 is 11.0. The van der Waals surface area contributed by atoms with E-state index in [0.717, 1.165) is 52.3 Å². The summed E-state index contributed by atoms with van der Waals surface area (Å²) in [6.07, 6.45) is 2.48. The second-order valence-electron chi connectivity index (χ2n) is 5.47. The Morgan fingerprint density at radius 1 is 1.35 bits per heavy atom. The second-order valence-corrected chi connectivity index (χ2v) is 5.47. The van der Waals surface area contributed by atoms with Gasteiger partial charge in [0.1, 0.15) is 0 Å². The fourth-order valence-electron chi connectivity index (χ4n) is 2.33. The van der Waals surface area contributed by atoms with Crippen LogP contribution in [0.15, 0.2) is 0 Å². The van der Waals surface area contributed by atoms with E-state index >= 15 is 0 Å².